The van der Waals surface area contributed by atoms with Crippen LogP contribution in [0.2, 0.25) is 0 Å². The maximum absolute atomic E-state index is 5.90. The SMILES string of the molecule is NC(=NCc1nc2c(s1)CC(c1ccccc1)CC2)NC1CC1. The first-order chi connectivity index (χ1) is 11.3. The van der Waals surface area contributed by atoms with Crippen molar-refractivity contribution < 1.29 is 0 Å². The van der Waals surface area contributed by atoms with Gasteiger partial charge in [-0.05, 0) is 43.6 Å². The van der Waals surface area contributed by atoms with Crippen molar-refractivity contribution in [1.29, 1.82) is 0 Å². The minimum absolute atomic E-state index is 0.551. The maximum atomic E-state index is 5.90. The summed E-state index contributed by atoms with van der Waals surface area (Å²) in [6.45, 7) is 0.596. The number of thiazole rings is 1. The van der Waals surface area contributed by atoms with E-state index in [1.54, 1.807) is 0 Å². The Hall–Kier alpha value is -1.88. The third-order valence-electron chi connectivity index (χ3n) is 4.57. The number of aromatic nitrogens is 1. The van der Waals surface area contributed by atoms with E-state index in [2.05, 4.69) is 40.6 Å². The predicted molar refractivity (Wildman–Crippen MR) is 94.8 cm³/mol. The van der Waals surface area contributed by atoms with Crippen LogP contribution in [0.5, 0.6) is 0 Å². The Morgan fingerprint density at radius 2 is 2.09 bits per heavy atom. The molecule has 2 aliphatic carbocycles. The van der Waals surface area contributed by atoms with Crippen molar-refractivity contribution in [2.45, 2.75) is 50.6 Å². The Bertz CT molecular complexity index is 703. The van der Waals surface area contributed by atoms with E-state index in [9.17, 15) is 0 Å². The lowest BCUT2D eigenvalue weighted by atomic mass is 9.85. The van der Waals surface area contributed by atoms with E-state index in [0.29, 0.717) is 24.5 Å². The summed E-state index contributed by atoms with van der Waals surface area (Å²) in [6, 6.07) is 11.4. The number of guanidine groups is 1. The van der Waals surface area contributed by atoms with E-state index < -0.39 is 0 Å². The Labute approximate surface area is 140 Å². The minimum Gasteiger partial charge on any atom is -0.370 e. The summed E-state index contributed by atoms with van der Waals surface area (Å²) in [6.07, 6.45) is 5.79. The molecule has 2 aliphatic rings. The van der Waals surface area contributed by atoms with Gasteiger partial charge < -0.3 is 11.1 Å². The fraction of sp³-hybridized carbons (Fsp3) is 0.444. The summed E-state index contributed by atoms with van der Waals surface area (Å²) in [5, 5.41) is 4.31. The largest absolute Gasteiger partial charge is 0.370 e. The third-order valence-corrected chi connectivity index (χ3v) is 5.67. The van der Waals surface area contributed by atoms with Gasteiger partial charge in [0.15, 0.2) is 5.96 Å². The molecule has 0 radical (unpaired) electrons. The molecule has 0 bridgehead atoms. The predicted octanol–water partition coefficient (Wildman–Crippen LogP) is 2.98. The molecule has 0 spiro atoms. The van der Waals surface area contributed by atoms with E-state index in [1.165, 1.54) is 35.4 Å². The maximum Gasteiger partial charge on any atom is 0.189 e. The van der Waals surface area contributed by atoms with Gasteiger partial charge in [-0.1, -0.05) is 30.3 Å². The molecule has 1 atom stereocenters. The summed E-state index contributed by atoms with van der Waals surface area (Å²) in [4.78, 5) is 10.6. The Morgan fingerprint density at radius 3 is 2.87 bits per heavy atom. The number of fused-ring (bicyclic) bond motifs is 1. The van der Waals surface area contributed by atoms with Gasteiger partial charge in [0.1, 0.15) is 5.01 Å². The fourth-order valence-electron chi connectivity index (χ4n) is 3.14. The van der Waals surface area contributed by atoms with Crippen LogP contribution in [-0.4, -0.2) is 17.0 Å². The van der Waals surface area contributed by atoms with Gasteiger partial charge in [-0.15, -0.1) is 11.3 Å². The van der Waals surface area contributed by atoms with Gasteiger partial charge in [-0.25, -0.2) is 9.98 Å². The summed E-state index contributed by atoms with van der Waals surface area (Å²) in [5.41, 5.74) is 8.63. The Kier molecular flexibility index (Phi) is 4.04. The standard InChI is InChI=1S/C18H22N4S/c19-18(21-14-7-8-14)20-11-17-22-15-9-6-13(10-16(15)23-17)12-4-2-1-3-5-12/h1-5,13-14H,6-11H2,(H3,19,20,21). The molecule has 4 nitrogen and oxygen atoms in total. The molecule has 23 heavy (non-hydrogen) atoms. The number of rotatable bonds is 4. The van der Waals surface area contributed by atoms with E-state index >= 15 is 0 Å². The number of hydrogen-bond acceptors (Lipinski definition) is 3. The lowest BCUT2D eigenvalue weighted by molar-refractivity contribution is 0.584. The second-order valence-corrected chi connectivity index (χ2v) is 7.62. The number of benzene rings is 1. The van der Waals surface area contributed by atoms with Crippen LogP contribution >= 0.6 is 11.3 Å². The van der Waals surface area contributed by atoms with Gasteiger partial charge in [-0.3, -0.25) is 0 Å². The normalized spacial score (nSPS) is 21.0. The van der Waals surface area contributed by atoms with E-state index in [1.807, 2.05) is 11.3 Å². The number of nitrogens with two attached hydrogens (primary N) is 1. The van der Waals surface area contributed by atoms with Crippen LogP contribution in [0.15, 0.2) is 35.3 Å². The van der Waals surface area contributed by atoms with Crippen molar-refractivity contribution in [1.82, 2.24) is 10.3 Å². The van der Waals surface area contributed by atoms with E-state index in [4.69, 9.17) is 10.7 Å². The highest BCUT2D eigenvalue weighted by molar-refractivity contribution is 7.11. The Balaban J connectivity index is 1.42. The Morgan fingerprint density at radius 1 is 1.26 bits per heavy atom. The van der Waals surface area contributed by atoms with Gasteiger partial charge in [0, 0.05) is 10.9 Å². The first-order valence-electron chi connectivity index (χ1n) is 8.37. The van der Waals surface area contributed by atoms with Crippen molar-refractivity contribution >= 4 is 17.3 Å². The second kappa shape index (κ2) is 6.32. The summed E-state index contributed by atoms with van der Waals surface area (Å²) >= 11 is 1.81. The van der Waals surface area contributed by atoms with Crippen molar-refractivity contribution in [2.75, 3.05) is 0 Å². The molecule has 0 aliphatic heterocycles. The molecule has 4 rings (SSSR count). The first kappa shape index (κ1) is 14.7. The van der Waals surface area contributed by atoms with Crippen LogP contribution in [0.25, 0.3) is 0 Å². The van der Waals surface area contributed by atoms with Gasteiger partial charge in [0.05, 0.1) is 12.2 Å². The molecular weight excluding hydrogens is 304 g/mol. The zero-order valence-corrected chi connectivity index (χ0v) is 14.0. The molecule has 1 unspecified atom stereocenters. The second-order valence-electron chi connectivity index (χ2n) is 6.45. The number of aryl methyl sites for hydroxylation is 1. The average Bonchev–Trinajstić information content (AvgIpc) is 3.29. The number of nitrogens with zero attached hydrogens (tertiary/aromatic N) is 2. The molecule has 120 valence electrons. The lowest BCUT2D eigenvalue weighted by Gasteiger charge is -2.21. The molecule has 1 fully saturated rings. The van der Waals surface area contributed by atoms with Gasteiger partial charge in [-0.2, -0.15) is 0 Å². The molecule has 0 amide bonds. The highest BCUT2D eigenvalue weighted by Crippen LogP contribution is 2.35. The van der Waals surface area contributed by atoms with Crippen molar-refractivity contribution in [2.24, 2.45) is 10.7 Å². The molecule has 1 aromatic carbocycles. The van der Waals surface area contributed by atoms with Crippen molar-refractivity contribution in [3.05, 3.63) is 51.5 Å². The number of nitrogens with one attached hydrogen (secondary N) is 1. The third kappa shape index (κ3) is 3.55. The van der Waals surface area contributed by atoms with Crippen LogP contribution in [-0.2, 0) is 19.4 Å². The van der Waals surface area contributed by atoms with Crippen LogP contribution in [0.3, 0.4) is 0 Å². The molecule has 0 saturated heterocycles. The summed E-state index contributed by atoms with van der Waals surface area (Å²) in [5.74, 6) is 1.19. The molecule has 2 aromatic rings. The fourth-order valence-corrected chi connectivity index (χ4v) is 4.26. The van der Waals surface area contributed by atoms with Gasteiger partial charge >= 0.3 is 0 Å². The smallest absolute Gasteiger partial charge is 0.189 e. The minimum atomic E-state index is 0.551. The van der Waals surface area contributed by atoms with Crippen molar-refractivity contribution in [3.8, 4) is 0 Å². The monoisotopic (exact) mass is 326 g/mol. The zero-order chi connectivity index (χ0) is 15.6. The molecule has 1 heterocycles. The van der Waals surface area contributed by atoms with Crippen LogP contribution in [0, 0.1) is 0 Å². The number of hydrogen-bond donors (Lipinski definition) is 2. The molecule has 1 aromatic heterocycles. The average molecular weight is 326 g/mol. The van der Waals surface area contributed by atoms with E-state index in [-0.39, 0.29) is 0 Å². The first-order valence-corrected chi connectivity index (χ1v) is 9.18. The van der Waals surface area contributed by atoms with Gasteiger partial charge in [0.2, 0.25) is 0 Å². The van der Waals surface area contributed by atoms with E-state index in [0.717, 1.165) is 17.8 Å². The van der Waals surface area contributed by atoms with Crippen molar-refractivity contribution in [3.63, 3.8) is 0 Å². The quantitative estimate of drug-likeness (QED) is 0.671. The molecule has 3 N–H and O–H groups in total. The van der Waals surface area contributed by atoms with Crippen LogP contribution in [0.1, 0.15) is 46.3 Å². The van der Waals surface area contributed by atoms with Gasteiger partial charge in [0.25, 0.3) is 0 Å². The topological polar surface area (TPSA) is 63.3 Å². The summed E-state index contributed by atoms with van der Waals surface area (Å²) in [7, 11) is 0. The van der Waals surface area contributed by atoms with Crippen LogP contribution in [0.4, 0.5) is 0 Å². The molecule has 5 heteroatoms. The zero-order valence-electron chi connectivity index (χ0n) is 13.2. The molecular formula is C18H22N4S. The highest BCUT2D eigenvalue weighted by atomic mass is 32.1. The summed E-state index contributed by atoms with van der Waals surface area (Å²) < 4.78 is 0. The number of aliphatic imine (C=N–C) groups is 1. The van der Waals surface area contributed by atoms with Crippen LogP contribution < -0.4 is 11.1 Å². The molecule has 1 saturated carbocycles. The highest BCUT2D eigenvalue weighted by Gasteiger charge is 2.24. The lowest BCUT2D eigenvalue weighted by Crippen LogP contribution is -2.33.